The summed E-state index contributed by atoms with van der Waals surface area (Å²) < 4.78 is 5.47. The number of nitrogens with zero attached hydrogens (tertiary/aromatic N) is 5. The summed E-state index contributed by atoms with van der Waals surface area (Å²) in [6, 6.07) is 2.00. The third kappa shape index (κ3) is 3.20. The van der Waals surface area contributed by atoms with Crippen LogP contribution in [0, 0.1) is 0 Å². The number of fused-ring (bicyclic) bond motifs is 1. The summed E-state index contributed by atoms with van der Waals surface area (Å²) in [4.78, 5) is 21.6. The second kappa shape index (κ2) is 6.29. The zero-order valence-electron chi connectivity index (χ0n) is 14.1. The van der Waals surface area contributed by atoms with E-state index in [-0.39, 0.29) is 0 Å². The van der Waals surface area contributed by atoms with Crippen LogP contribution >= 0.6 is 11.3 Å². The van der Waals surface area contributed by atoms with E-state index >= 15 is 0 Å². The number of anilines is 1. The van der Waals surface area contributed by atoms with E-state index in [2.05, 4.69) is 14.9 Å². The van der Waals surface area contributed by atoms with E-state index in [0.717, 1.165) is 39.6 Å². The number of thiophene rings is 1. The second-order valence-electron chi connectivity index (χ2n) is 6.49. The molecule has 130 valence electrons. The van der Waals surface area contributed by atoms with Gasteiger partial charge in [-0.1, -0.05) is 0 Å². The minimum absolute atomic E-state index is 0.596. The minimum Gasteiger partial charge on any atom is -0.385 e. The summed E-state index contributed by atoms with van der Waals surface area (Å²) in [5.74, 6) is 1.47. The van der Waals surface area contributed by atoms with Crippen LogP contribution < -0.4 is 4.90 Å². The molecule has 0 spiro atoms. The summed E-state index contributed by atoms with van der Waals surface area (Å²) in [6.07, 6.45) is 4.91. The molecule has 1 saturated heterocycles. The second-order valence-corrected chi connectivity index (χ2v) is 7.52. The maximum atomic E-state index is 10.4. The van der Waals surface area contributed by atoms with E-state index in [0.29, 0.717) is 19.0 Å². The predicted molar refractivity (Wildman–Crippen MR) is 96.7 cm³/mol. The van der Waals surface area contributed by atoms with Crippen molar-refractivity contribution in [2.75, 3.05) is 31.2 Å². The molecule has 0 amide bonds. The lowest BCUT2D eigenvalue weighted by Gasteiger charge is -2.28. The summed E-state index contributed by atoms with van der Waals surface area (Å²) in [5, 5.41) is 11.3. The number of aliphatic hydroxyl groups is 1. The summed E-state index contributed by atoms with van der Waals surface area (Å²) in [6.45, 7) is 6.49. The van der Waals surface area contributed by atoms with Crippen molar-refractivity contribution in [2.24, 2.45) is 0 Å². The van der Waals surface area contributed by atoms with E-state index < -0.39 is 5.60 Å². The molecule has 7 nitrogen and oxygen atoms in total. The van der Waals surface area contributed by atoms with Crippen LogP contribution in [-0.2, 0) is 10.3 Å². The van der Waals surface area contributed by atoms with Gasteiger partial charge in [-0.15, -0.1) is 11.3 Å². The van der Waals surface area contributed by atoms with E-state index in [1.807, 2.05) is 6.07 Å². The average molecular weight is 357 g/mol. The van der Waals surface area contributed by atoms with Gasteiger partial charge < -0.3 is 14.7 Å². The predicted octanol–water partition coefficient (Wildman–Crippen LogP) is 2.21. The molecule has 3 aromatic heterocycles. The Bertz CT molecular complexity index is 885. The van der Waals surface area contributed by atoms with Gasteiger partial charge in [0.25, 0.3) is 0 Å². The van der Waals surface area contributed by atoms with Crippen LogP contribution in [-0.4, -0.2) is 51.3 Å². The topological polar surface area (TPSA) is 84.3 Å². The molecule has 0 atom stereocenters. The van der Waals surface area contributed by atoms with Crippen LogP contribution in [0.5, 0.6) is 0 Å². The lowest BCUT2D eigenvalue weighted by Crippen LogP contribution is -2.37. The van der Waals surface area contributed by atoms with Gasteiger partial charge in [-0.05, 0) is 19.9 Å². The summed E-state index contributed by atoms with van der Waals surface area (Å²) in [5.41, 5.74) is -0.138. The monoisotopic (exact) mass is 357 g/mol. The molecule has 4 rings (SSSR count). The van der Waals surface area contributed by atoms with Crippen LogP contribution in [0.1, 0.15) is 18.7 Å². The van der Waals surface area contributed by atoms with Crippen LogP contribution in [0.15, 0.2) is 24.8 Å². The number of aromatic nitrogens is 4. The number of morpholine rings is 1. The van der Waals surface area contributed by atoms with Crippen molar-refractivity contribution in [1.29, 1.82) is 0 Å². The molecule has 1 aliphatic heterocycles. The highest BCUT2D eigenvalue weighted by Crippen LogP contribution is 2.37. The minimum atomic E-state index is -0.913. The number of hydrogen-bond acceptors (Lipinski definition) is 8. The maximum absolute atomic E-state index is 10.4. The highest BCUT2D eigenvalue weighted by molar-refractivity contribution is 7.18. The molecular formula is C17H19N5O2S. The average Bonchev–Trinajstić information content (AvgIpc) is 3.07. The molecule has 4 heterocycles. The number of hydrogen-bond donors (Lipinski definition) is 1. The van der Waals surface area contributed by atoms with E-state index in [4.69, 9.17) is 14.7 Å². The smallest absolute Gasteiger partial charge is 0.166 e. The largest absolute Gasteiger partial charge is 0.385 e. The van der Waals surface area contributed by atoms with Crippen LogP contribution in [0.25, 0.3) is 21.6 Å². The fourth-order valence-corrected chi connectivity index (χ4v) is 3.79. The fraction of sp³-hybridized carbons (Fsp3) is 0.412. The zero-order valence-corrected chi connectivity index (χ0v) is 15.0. The number of rotatable bonds is 3. The lowest BCUT2D eigenvalue weighted by atomic mass is 10.1. The third-order valence-electron chi connectivity index (χ3n) is 4.11. The molecule has 0 saturated carbocycles. The Kier molecular flexibility index (Phi) is 4.10. The fourth-order valence-electron chi connectivity index (χ4n) is 2.77. The molecule has 3 aromatic rings. The first-order chi connectivity index (χ1) is 12.0. The third-order valence-corrected chi connectivity index (χ3v) is 5.45. The molecule has 1 N–H and O–H groups in total. The van der Waals surface area contributed by atoms with Crippen LogP contribution in [0.4, 0.5) is 5.82 Å². The van der Waals surface area contributed by atoms with Crippen molar-refractivity contribution in [2.45, 2.75) is 19.4 Å². The number of ether oxygens (including phenoxy) is 1. The molecule has 1 aliphatic rings. The first-order valence-electron chi connectivity index (χ1n) is 8.15. The van der Waals surface area contributed by atoms with Crippen molar-refractivity contribution in [3.8, 4) is 11.4 Å². The molecule has 25 heavy (non-hydrogen) atoms. The molecule has 1 fully saturated rings. The van der Waals surface area contributed by atoms with Gasteiger partial charge in [-0.3, -0.25) is 0 Å². The van der Waals surface area contributed by atoms with Gasteiger partial charge >= 0.3 is 0 Å². The molecule has 8 heteroatoms. The molecular weight excluding hydrogens is 338 g/mol. The van der Waals surface area contributed by atoms with Gasteiger partial charge in [-0.25, -0.2) is 19.9 Å². The SMILES string of the molecule is CC(C)(O)c1cc2c(N3CCOCC3)nc(-c3cncnc3)nc2s1. The molecule has 0 aliphatic carbocycles. The Morgan fingerprint density at radius 3 is 2.56 bits per heavy atom. The lowest BCUT2D eigenvalue weighted by molar-refractivity contribution is 0.0826. The Balaban J connectivity index is 1.90. The van der Waals surface area contributed by atoms with Crippen molar-refractivity contribution >= 4 is 27.4 Å². The van der Waals surface area contributed by atoms with Crippen molar-refractivity contribution in [3.63, 3.8) is 0 Å². The molecule has 0 bridgehead atoms. The molecule has 0 unspecified atom stereocenters. The first-order valence-corrected chi connectivity index (χ1v) is 8.96. The van der Waals surface area contributed by atoms with Gasteiger partial charge in [-0.2, -0.15) is 0 Å². The standard InChI is InChI=1S/C17H19N5O2S/c1-17(2,23)13-7-12-15(22-3-5-24-6-4-22)20-14(21-16(12)25-13)11-8-18-10-19-9-11/h7-10,23H,3-6H2,1-2H3. The van der Waals surface area contributed by atoms with Gasteiger partial charge in [0.05, 0.1) is 29.8 Å². The first kappa shape index (κ1) is 16.3. The van der Waals surface area contributed by atoms with Crippen molar-refractivity contribution in [1.82, 2.24) is 19.9 Å². The van der Waals surface area contributed by atoms with Crippen molar-refractivity contribution in [3.05, 3.63) is 29.7 Å². The Labute approximate surface area is 149 Å². The Morgan fingerprint density at radius 1 is 1.16 bits per heavy atom. The molecule has 0 radical (unpaired) electrons. The van der Waals surface area contributed by atoms with Crippen LogP contribution in [0.3, 0.4) is 0 Å². The van der Waals surface area contributed by atoms with Gasteiger partial charge in [0.2, 0.25) is 0 Å². The van der Waals surface area contributed by atoms with Gasteiger partial charge in [0.1, 0.15) is 17.0 Å². The zero-order chi connectivity index (χ0) is 17.4. The highest BCUT2D eigenvalue weighted by atomic mass is 32.1. The molecule has 0 aromatic carbocycles. The maximum Gasteiger partial charge on any atom is 0.166 e. The van der Waals surface area contributed by atoms with E-state index in [1.54, 1.807) is 26.2 Å². The van der Waals surface area contributed by atoms with Gasteiger partial charge in [0.15, 0.2) is 5.82 Å². The van der Waals surface area contributed by atoms with E-state index in [9.17, 15) is 5.11 Å². The van der Waals surface area contributed by atoms with Crippen LogP contribution in [0.2, 0.25) is 0 Å². The van der Waals surface area contributed by atoms with Gasteiger partial charge in [0, 0.05) is 30.4 Å². The highest BCUT2D eigenvalue weighted by Gasteiger charge is 2.24. The van der Waals surface area contributed by atoms with Crippen molar-refractivity contribution < 1.29 is 9.84 Å². The Hall–Kier alpha value is -2.16. The Morgan fingerprint density at radius 2 is 1.88 bits per heavy atom. The quantitative estimate of drug-likeness (QED) is 0.769. The van der Waals surface area contributed by atoms with E-state index in [1.165, 1.54) is 17.7 Å². The normalized spacial score (nSPS) is 15.7. The summed E-state index contributed by atoms with van der Waals surface area (Å²) >= 11 is 1.49. The summed E-state index contributed by atoms with van der Waals surface area (Å²) in [7, 11) is 0.